The summed E-state index contributed by atoms with van der Waals surface area (Å²) in [6.45, 7) is 0.722. The normalized spacial score (nSPS) is 17.0. The highest BCUT2D eigenvalue weighted by molar-refractivity contribution is 8.00. The van der Waals surface area contributed by atoms with Crippen molar-refractivity contribution < 1.29 is 14.3 Å². The van der Waals surface area contributed by atoms with E-state index in [0.29, 0.717) is 5.69 Å². The molecule has 0 amide bonds. The fourth-order valence-corrected chi connectivity index (χ4v) is 3.04. The van der Waals surface area contributed by atoms with Gasteiger partial charge in [0.1, 0.15) is 5.82 Å². The van der Waals surface area contributed by atoms with Crippen LogP contribution >= 0.6 is 11.8 Å². The number of carboxylic acid groups (broad SMARTS) is 1. The molecule has 0 saturated heterocycles. The minimum absolute atomic E-state index is 0.00873. The van der Waals surface area contributed by atoms with Gasteiger partial charge in [-0.2, -0.15) is 11.8 Å². The zero-order valence-electron chi connectivity index (χ0n) is 10.2. The molecule has 2 rings (SSSR count). The van der Waals surface area contributed by atoms with Crippen molar-refractivity contribution in [3.05, 3.63) is 29.6 Å². The number of carbonyl (C=O) groups is 1. The summed E-state index contributed by atoms with van der Waals surface area (Å²) >= 11 is 1.81. The van der Waals surface area contributed by atoms with Crippen molar-refractivity contribution >= 4 is 23.4 Å². The van der Waals surface area contributed by atoms with Crippen LogP contribution in [-0.2, 0) is 0 Å². The Morgan fingerprint density at radius 3 is 2.78 bits per heavy atom. The quantitative estimate of drug-likeness (QED) is 0.861. The molecule has 98 valence electrons. The lowest BCUT2D eigenvalue weighted by atomic mass is 9.84. The third-order valence-electron chi connectivity index (χ3n) is 3.51. The molecule has 3 nitrogen and oxygen atoms in total. The third kappa shape index (κ3) is 2.61. The van der Waals surface area contributed by atoms with E-state index < -0.39 is 11.8 Å². The molecule has 0 heterocycles. The van der Waals surface area contributed by atoms with Crippen LogP contribution in [0.25, 0.3) is 0 Å². The second-order valence-electron chi connectivity index (χ2n) is 4.59. The molecule has 0 bridgehead atoms. The lowest BCUT2D eigenvalue weighted by Gasteiger charge is -2.40. The van der Waals surface area contributed by atoms with Crippen molar-refractivity contribution in [1.82, 2.24) is 0 Å². The Morgan fingerprint density at radius 1 is 1.56 bits per heavy atom. The summed E-state index contributed by atoms with van der Waals surface area (Å²) in [4.78, 5) is 11.0. The predicted molar refractivity (Wildman–Crippen MR) is 71.9 cm³/mol. The molecular formula is C13H16FNO2S. The van der Waals surface area contributed by atoms with E-state index in [2.05, 4.69) is 11.6 Å². The van der Waals surface area contributed by atoms with Gasteiger partial charge in [-0.25, -0.2) is 9.18 Å². The highest BCUT2D eigenvalue weighted by Crippen LogP contribution is 2.42. The highest BCUT2D eigenvalue weighted by Gasteiger charge is 2.36. The summed E-state index contributed by atoms with van der Waals surface area (Å²) in [5.41, 5.74) is 0.481. The van der Waals surface area contributed by atoms with E-state index in [9.17, 15) is 9.18 Å². The maximum absolute atomic E-state index is 13.0. The van der Waals surface area contributed by atoms with Crippen LogP contribution in [0.4, 0.5) is 10.1 Å². The molecular weight excluding hydrogens is 253 g/mol. The number of rotatable bonds is 5. The second kappa shape index (κ2) is 5.18. The number of carboxylic acids is 1. The van der Waals surface area contributed by atoms with Crippen LogP contribution in [0.15, 0.2) is 18.2 Å². The van der Waals surface area contributed by atoms with Crippen LogP contribution in [0, 0.1) is 5.82 Å². The molecule has 1 aliphatic rings. The molecule has 2 N–H and O–H groups in total. The average molecular weight is 269 g/mol. The van der Waals surface area contributed by atoms with Gasteiger partial charge < -0.3 is 10.4 Å². The summed E-state index contributed by atoms with van der Waals surface area (Å²) in [5, 5.41) is 12.2. The smallest absolute Gasteiger partial charge is 0.337 e. The van der Waals surface area contributed by atoms with Gasteiger partial charge in [-0.1, -0.05) is 6.42 Å². The molecule has 0 atom stereocenters. The number of anilines is 1. The van der Waals surface area contributed by atoms with Gasteiger partial charge in [0.15, 0.2) is 0 Å². The number of aromatic carboxylic acids is 1. The minimum atomic E-state index is -1.11. The van der Waals surface area contributed by atoms with E-state index in [1.165, 1.54) is 18.6 Å². The fourth-order valence-electron chi connectivity index (χ4n) is 2.13. The molecule has 5 heteroatoms. The third-order valence-corrected chi connectivity index (χ3v) is 4.93. The summed E-state index contributed by atoms with van der Waals surface area (Å²) < 4.78 is 13.2. The molecule has 1 aliphatic carbocycles. The lowest BCUT2D eigenvalue weighted by Crippen LogP contribution is -2.40. The molecule has 1 fully saturated rings. The van der Waals surface area contributed by atoms with Gasteiger partial charge in [0, 0.05) is 17.0 Å². The van der Waals surface area contributed by atoms with Crippen LogP contribution < -0.4 is 5.32 Å². The van der Waals surface area contributed by atoms with E-state index >= 15 is 0 Å². The van der Waals surface area contributed by atoms with Crippen LogP contribution in [0.5, 0.6) is 0 Å². The van der Waals surface area contributed by atoms with Crippen molar-refractivity contribution in [2.24, 2.45) is 0 Å². The molecule has 0 spiro atoms. The summed E-state index contributed by atoms with van der Waals surface area (Å²) in [5.74, 6) is -1.63. The maximum atomic E-state index is 13.0. The highest BCUT2D eigenvalue weighted by atomic mass is 32.2. The molecule has 1 saturated carbocycles. The first-order chi connectivity index (χ1) is 8.56. The molecule has 1 aromatic carbocycles. The Morgan fingerprint density at radius 2 is 2.28 bits per heavy atom. The minimum Gasteiger partial charge on any atom is -0.478 e. The lowest BCUT2D eigenvalue weighted by molar-refractivity contribution is 0.0697. The molecule has 0 aliphatic heterocycles. The Bertz CT molecular complexity index is 455. The number of halogens is 1. The summed E-state index contributed by atoms with van der Waals surface area (Å²) in [6.07, 6.45) is 5.58. The zero-order valence-corrected chi connectivity index (χ0v) is 11.0. The van der Waals surface area contributed by atoms with Gasteiger partial charge in [0.2, 0.25) is 0 Å². The Balaban J connectivity index is 2.11. The standard InChI is InChI=1S/C13H16FNO2S/c1-18-13(5-2-6-13)8-15-11-4-3-9(14)7-10(11)12(16)17/h3-4,7,15H,2,5-6,8H2,1H3,(H,16,17). The number of hydrogen-bond acceptors (Lipinski definition) is 3. The van der Waals surface area contributed by atoms with Crippen molar-refractivity contribution in [2.45, 2.75) is 24.0 Å². The van der Waals surface area contributed by atoms with Gasteiger partial charge in [-0.05, 0) is 37.3 Å². The predicted octanol–water partition coefficient (Wildman–Crippen LogP) is 3.22. The zero-order chi connectivity index (χ0) is 13.2. The van der Waals surface area contributed by atoms with Crippen molar-refractivity contribution in [3.8, 4) is 0 Å². The van der Waals surface area contributed by atoms with Crippen LogP contribution in [0.1, 0.15) is 29.6 Å². The molecule has 1 aromatic rings. The second-order valence-corrected chi connectivity index (χ2v) is 5.86. The van der Waals surface area contributed by atoms with E-state index in [-0.39, 0.29) is 10.3 Å². The fraction of sp³-hybridized carbons (Fsp3) is 0.462. The molecule has 0 radical (unpaired) electrons. The average Bonchev–Trinajstić information content (AvgIpc) is 2.29. The topological polar surface area (TPSA) is 49.3 Å². The SMILES string of the molecule is CSC1(CNc2ccc(F)cc2C(=O)O)CCC1. The van der Waals surface area contributed by atoms with Crippen LogP contribution in [-0.4, -0.2) is 28.6 Å². The first-order valence-electron chi connectivity index (χ1n) is 5.88. The maximum Gasteiger partial charge on any atom is 0.337 e. The number of thioether (sulfide) groups is 1. The Hall–Kier alpha value is -1.23. The van der Waals surface area contributed by atoms with Crippen molar-refractivity contribution in [3.63, 3.8) is 0 Å². The number of hydrogen-bond donors (Lipinski definition) is 2. The van der Waals surface area contributed by atoms with E-state index in [1.807, 2.05) is 11.8 Å². The number of benzene rings is 1. The monoisotopic (exact) mass is 269 g/mol. The van der Waals surface area contributed by atoms with E-state index in [1.54, 1.807) is 0 Å². The molecule has 18 heavy (non-hydrogen) atoms. The van der Waals surface area contributed by atoms with Gasteiger partial charge in [0.05, 0.1) is 5.56 Å². The number of nitrogens with one attached hydrogen (secondary N) is 1. The molecule has 0 unspecified atom stereocenters. The van der Waals surface area contributed by atoms with Crippen LogP contribution in [0.2, 0.25) is 0 Å². The first-order valence-corrected chi connectivity index (χ1v) is 7.11. The van der Waals surface area contributed by atoms with E-state index in [4.69, 9.17) is 5.11 Å². The summed E-state index contributed by atoms with van der Waals surface area (Å²) in [6, 6.07) is 3.82. The Kier molecular flexibility index (Phi) is 3.80. The Labute approximate surface area is 110 Å². The van der Waals surface area contributed by atoms with Gasteiger partial charge in [0.25, 0.3) is 0 Å². The van der Waals surface area contributed by atoms with Gasteiger partial charge >= 0.3 is 5.97 Å². The van der Waals surface area contributed by atoms with E-state index in [0.717, 1.165) is 25.5 Å². The first kappa shape index (κ1) is 13.2. The van der Waals surface area contributed by atoms with Crippen molar-refractivity contribution in [1.29, 1.82) is 0 Å². The summed E-state index contributed by atoms with van der Waals surface area (Å²) in [7, 11) is 0. The largest absolute Gasteiger partial charge is 0.478 e. The van der Waals surface area contributed by atoms with Gasteiger partial charge in [-0.3, -0.25) is 0 Å². The molecule has 0 aromatic heterocycles. The van der Waals surface area contributed by atoms with Gasteiger partial charge in [-0.15, -0.1) is 0 Å². The van der Waals surface area contributed by atoms with Crippen molar-refractivity contribution in [2.75, 3.05) is 18.1 Å². The van der Waals surface area contributed by atoms with Crippen LogP contribution in [0.3, 0.4) is 0 Å².